The zero-order chi connectivity index (χ0) is 10.7. The number of aryl methyl sites for hydroxylation is 1. The Morgan fingerprint density at radius 2 is 2.07 bits per heavy atom. The normalized spacial score (nSPS) is 12.9. The van der Waals surface area contributed by atoms with Gasteiger partial charge in [0, 0.05) is 17.1 Å². The van der Waals surface area contributed by atoms with E-state index in [-0.39, 0.29) is 12.6 Å². The van der Waals surface area contributed by atoms with Gasteiger partial charge in [-0.05, 0) is 43.0 Å². The molecule has 0 bridgehead atoms. The Labute approximate surface area is 93.3 Å². The number of rotatable bonds is 3. The van der Waals surface area contributed by atoms with Gasteiger partial charge in [-0.3, -0.25) is 0 Å². The lowest BCUT2D eigenvalue weighted by atomic mass is 10.00. The molecule has 2 nitrogen and oxygen atoms in total. The van der Waals surface area contributed by atoms with Gasteiger partial charge in [-0.15, -0.1) is 0 Å². The molecule has 0 amide bonds. The van der Waals surface area contributed by atoms with E-state index >= 15 is 0 Å². The Bertz CT molecular complexity index is 302. The monoisotopic (exact) mass is 257 g/mol. The van der Waals surface area contributed by atoms with E-state index in [1.807, 2.05) is 6.07 Å². The van der Waals surface area contributed by atoms with E-state index in [0.717, 1.165) is 10.0 Å². The van der Waals surface area contributed by atoms with Crippen LogP contribution in [0.5, 0.6) is 0 Å². The first kappa shape index (κ1) is 11.7. The summed E-state index contributed by atoms with van der Waals surface area (Å²) in [5.74, 6) is 0. The van der Waals surface area contributed by atoms with Crippen molar-refractivity contribution < 1.29 is 5.11 Å². The van der Waals surface area contributed by atoms with Gasteiger partial charge in [0.1, 0.15) is 0 Å². The second kappa shape index (κ2) is 4.91. The van der Waals surface area contributed by atoms with Crippen LogP contribution in [0.15, 0.2) is 16.6 Å². The van der Waals surface area contributed by atoms with Crippen molar-refractivity contribution in [1.29, 1.82) is 0 Å². The fourth-order valence-corrected chi connectivity index (χ4v) is 1.94. The summed E-state index contributed by atoms with van der Waals surface area (Å²) in [4.78, 5) is 0. The van der Waals surface area contributed by atoms with E-state index in [4.69, 9.17) is 10.8 Å². The van der Waals surface area contributed by atoms with Gasteiger partial charge in [0.05, 0.1) is 0 Å². The van der Waals surface area contributed by atoms with Crippen molar-refractivity contribution >= 4 is 15.9 Å². The topological polar surface area (TPSA) is 46.2 Å². The van der Waals surface area contributed by atoms with Gasteiger partial charge in [-0.1, -0.05) is 22.0 Å². The van der Waals surface area contributed by atoms with Gasteiger partial charge >= 0.3 is 0 Å². The summed E-state index contributed by atoms with van der Waals surface area (Å²) < 4.78 is 1.08. The molecular weight excluding hydrogens is 242 g/mol. The number of benzene rings is 1. The zero-order valence-corrected chi connectivity index (χ0v) is 10.1. The highest BCUT2D eigenvalue weighted by molar-refractivity contribution is 9.10. The van der Waals surface area contributed by atoms with Gasteiger partial charge in [-0.25, -0.2) is 0 Å². The van der Waals surface area contributed by atoms with Crippen LogP contribution in [-0.2, 0) is 0 Å². The first-order chi connectivity index (χ1) is 6.56. The van der Waals surface area contributed by atoms with Crippen LogP contribution in [0.2, 0.25) is 0 Å². The predicted octanol–water partition coefficient (Wildman–Crippen LogP) is 2.45. The minimum absolute atomic E-state index is 0.0735. The number of aliphatic hydroxyl groups is 1. The number of nitrogens with two attached hydrogens (primary N) is 1. The number of halogens is 1. The Kier molecular flexibility index (Phi) is 4.11. The van der Waals surface area contributed by atoms with Crippen LogP contribution in [0.3, 0.4) is 0 Å². The van der Waals surface area contributed by atoms with Crippen molar-refractivity contribution in [1.82, 2.24) is 0 Å². The van der Waals surface area contributed by atoms with Crippen molar-refractivity contribution in [3.8, 4) is 0 Å². The largest absolute Gasteiger partial charge is 0.396 e. The summed E-state index contributed by atoms with van der Waals surface area (Å²) in [7, 11) is 0. The highest BCUT2D eigenvalue weighted by atomic mass is 79.9. The fourth-order valence-electron chi connectivity index (χ4n) is 1.36. The maximum atomic E-state index is 8.80. The lowest BCUT2D eigenvalue weighted by Crippen LogP contribution is -2.12. The van der Waals surface area contributed by atoms with Crippen molar-refractivity contribution in [2.24, 2.45) is 5.73 Å². The third-order valence-electron chi connectivity index (χ3n) is 2.49. The van der Waals surface area contributed by atoms with Gasteiger partial charge in [0.15, 0.2) is 0 Å². The molecule has 0 saturated carbocycles. The third kappa shape index (κ3) is 2.56. The van der Waals surface area contributed by atoms with Crippen LogP contribution < -0.4 is 5.73 Å². The van der Waals surface area contributed by atoms with Crippen LogP contribution in [0.4, 0.5) is 0 Å². The minimum atomic E-state index is -0.0735. The zero-order valence-electron chi connectivity index (χ0n) is 8.55. The first-order valence-electron chi connectivity index (χ1n) is 4.69. The SMILES string of the molecule is Cc1cc(C(N)CCO)cc(Br)c1C. The molecule has 78 valence electrons. The summed E-state index contributed by atoms with van der Waals surface area (Å²) in [5, 5.41) is 8.80. The predicted molar refractivity (Wildman–Crippen MR) is 62.2 cm³/mol. The van der Waals surface area contributed by atoms with Crippen molar-refractivity contribution in [3.05, 3.63) is 33.3 Å². The standard InChI is InChI=1S/C11H16BrNO/c1-7-5-9(11(13)3-4-14)6-10(12)8(7)2/h5-6,11,14H,3-4,13H2,1-2H3. The van der Waals surface area contributed by atoms with Crippen LogP contribution in [0.25, 0.3) is 0 Å². The molecule has 3 heteroatoms. The molecule has 1 atom stereocenters. The summed E-state index contributed by atoms with van der Waals surface area (Å²) >= 11 is 3.50. The molecule has 1 aromatic carbocycles. The lowest BCUT2D eigenvalue weighted by molar-refractivity contribution is 0.276. The lowest BCUT2D eigenvalue weighted by Gasteiger charge is -2.13. The highest BCUT2D eigenvalue weighted by Crippen LogP contribution is 2.25. The van der Waals surface area contributed by atoms with Gasteiger partial charge < -0.3 is 10.8 Å². The number of hydrogen-bond acceptors (Lipinski definition) is 2. The van der Waals surface area contributed by atoms with Gasteiger partial charge in [0.2, 0.25) is 0 Å². The molecule has 0 fully saturated rings. The number of hydrogen-bond donors (Lipinski definition) is 2. The Hall–Kier alpha value is -0.380. The molecule has 0 saturated heterocycles. The van der Waals surface area contributed by atoms with E-state index in [1.165, 1.54) is 11.1 Å². The Morgan fingerprint density at radius 1 is 1.43 bits per heavy atom. The molecule has 0 aliphatic carbocycles. The van der Waals surface area contributed by atoms with Gasteiger partial charge in [0.25, 0.3) is 0 Å². The third-order valence-corrected chi connectivity index (χ3v) is 3.32. The first-order valence-corrected chi connectivity index (χ1v) is 5.48. The average Bonchev–Trinajstić information content (AvgIpc) is 2.13. The van der Waals surface area contributed by atoms with E-state index in [0.29, 0.717) is 6.42 Å². The maximum Gasteiger partial charge on any atom is 0.0449 e. The minimum Gasteiger partial charge on any atom is -0.396 e. The molecule has 0 aliphatic heterocycles. The maximum absolute atomic E-state index is 8.80. The Morgan fingerprint density at radius 3 is 2.57 bits per heavy atom. The highest BCUT2D eigenvalue weighted by Gasteiger charge is 2.08. The molecule has 0 aliphatic rings. The van der Waals surface area contributed by atoms with Crippen LogP contribution in [0.1, 0.15) is 29.2 Å². The molecule has 1 unspecified atom stereocenters. The Balaban J connectivity index is 3.00. The van der Waals surface area contributed by atoms with Crippen LogP contribution in [0, 0.1) is 13.8 Å². The fraction of sp³-hybridized carbons (Fsp3) is 0.455. The van der Waals surface area contributed by atoms with Crippen LogP contribution >= 0.6 is 15.9 Å². The summed E-state index contributed by atoms with van der Waals surface area (Å²) in [6.07, 6.45) is 0.606. The van der Waals surface area contributed by atoms with E-state index in [9.17, 15) is 0 Å². The van der Waals surface area contributed by atoms with E-state index < -0.39 is 0 Å². The molecule has 0 heterocycles. The molecule has 14 heavy (non-hydrogen) atoms. The van der Waals surface area contributed by atoms with E-state index in [2.05, 4.69) is 35.8 Å². The van der Waals surface area contributed by atoms with E-state index in [1.54, 1.807) is 0 Å². The van der Waals surface area contributed by atoms with Crippen molar-refractivity contribution in [3.63, 3.8) is 0 Å². The molecule has 0 spiro atoms. The number of aliphatic hydroxyl groups excluding tert-OH is 1. The average molecular weight is 258 g/mol. The van der Waals surface area contributed by atoms with Crippen molar-refractivity contribution in [2.45, 2.75) is 26.3 Å². The smallest absolute Gasteiger partial charge is 0.0449 e. The summed E-state index contributed by atoms with van der Waals surface area (Å²) in [6.45, 7) is 4.27. The second-order valence-electron chi connectivity index (χ2n) is 3.56. The summed E-state index contributed by atoms with van der Waals surface area (Å²) in [6, 6.07) is 4.04. The molecular formula is C11H16BrNO. The van der Waals surface area contributed by atoms with Crippen molar-refractivity contribution in [2.75, 3.05) is 6.61 Å². The molecule has 1 aromatic rings. The second-order valence-corrected chi connectivity index (χ2v) is 4.42. The molecule has 3 N–H and O–H groups in total. The van der Waals surface area contributed by atoms with Crippen LogP contribution in [-0.4, -0.2) is 11.7 Å². The molecule has 0 radical (unpaired) electrons. The molecule has 1 rings (SSSR count). The quantitative estimate of drug-likeness (QED) is 0.874. The molecule has 0 aromatic heterocycles. The summed E-state index contributed by atoms with van der Waals surface area (Å²) in [5.41, 5.74) is 9.46. The van der Waals surface area contributed by atoms with Gasteiger partial charge in [-0.2, -0.15) is 0 Å².